The van der Waals surface area contributed by atoms with Gasteiger partial charge in [0.05, 0.1) is 10.7 Å². The van der Waals surface area contributed by atoms with E-state index in [9.17, 15) is 0 Å². The van der Waals surface area contributed by atoms with E-state index in [1.54, 1.807) is 6.20 Å². The number of rotatable bonds is 1. The van der Waals surface area contributed by atoms with Crippen molar-refractivity contribution >= 4 is 11.6 Å². The number of hydrogen-bond donors (Lipinski definition) is 0. The molecule has 0 amide bonds. The highest BCUT2D eigenvalue weighted by molar-refractivity contribution is 6.31. The van der Waals surface area contributed by atoms with E-state index in [0.29, 0.717) is 5.02 Å². The van der Waals surface area contributed by atoms with Gasteiger partial charge < -0.3 is 0 Å². The predicted molar refractivity (Wildman–Crippen MR) is 64.2 cm³/mol. The molecule has 1 aromatic carbocycles. The van der Waals surface area contributed by atoms with E-state index < -0.39 is 0 Å². The third-order valence-electron chi connectivity index (χ3n) is 2.39. The summed E-state index contributed by atoms with van der Waals surface area (Å²) in [5.74, 6) is 0. The second-order valence-corrected chi connectivity index (χ2v) is 4.09. The fourth-order valence-electron chi connectivity index (χ4n) is 1.42. The molecule has 0 aliphatic heterocycles. The third kappa shape index (κ3) is 2.18. The number of benzene rings is 1. The van der Waals surface area contributed by atoms with Gasteiger partial charge in [0.2, 0.25) is 0 Å². The summed E-state index contributed by atoms with van der Waals surface area (Å²) in [6.07, 6.45) is 1.70. The van der Waals surface area contributed by atoms with Gasteiger partial charge in [-0.25, -0.2) is 0 Å². The number of hydrogen-bond acceptors (Lipinski definition) is 1. The number of nitrogens with zero attached hydrogens (tertiary/aromatic N) is 1. The van der Waals surface area contributed by atoms with Crippen LogP contribution in [0, 0.1) is 13.8 Å². The van der Waals surface area contributed by atoms with E-state index in [-0.39, 0.29) is 0 Å². The molecule has 0 saturated heterocycles. The average molecular weight is 218 g/mol. The molecule has 1 aromatic heterocycles. The van der Waals surface area contributed by atoms with Gasteiger partial charge in [-0.3, -0.25) is 4.98 Å². The molecule has 76 valence electrons. The molecule has 2 rings (SSSR count). The standard InChI is InChI=1S/C13H12ClN/c1-9-3-5-11(6-4-9)13-7-10(2)12(14)8-15-13/h3-8H,1-2H3. The highest BCUT2D eigenvalue weighted by Crippen LogP contribution is 2.22. The number of aryl methyl sites for hydroxylation is 2. The van der Waals surface area contributed by atoms with Gasteiger partial charge in [0.1, 0.15) is 0 Å². The van der Waals surface area contributed by atoms with Gasteiger partial charge in [-0.1, -0.05) is 41.4 Å². The van der Waals surface area contributed by atoms with E-state index in [0.717, 1.165) is 16.8 Å². The van der Waals surface area contributed by atoms with Gasteiger partial charge in [0.15, 0.2) is 0 Å². The van der Waals surface area contributed by atoms with Crippen molar-refractivity contribution in [3.8, 4) is 11.3 Å². The summed E-state index contributed by atoms with van der Waals surface area (Å²) in [7, 11) is 0. The summed E-state index contributed by atoms with van der Waals surface area (Å²) in [6, 6.07) is 10.3. The number of halogens is 1. The second kappa shape index (κ2) is 4.03. The van der Waals surface area contributed by atoms with Crippen LogP contribution in [-0.4, -0.2) is 4.98 Å². The van der Waals surface area contributed by atoms with Crippen molar-refractivity contribution < 1.29 is 0 Å². The van der Waals surface area contributed by atoms with Gasteiger partial charge in [-0.15, -0.1) is 0 Å². The summed E-state index contributed by atoms with van der Waals surface area (Å²) in [4.78, 5) is 4.31. The lowest BCUT2D eigenvalue weighted by Gasteiger charge is -2.03. The Morgan fingerprint density at radius 3 is 2.33 bits per heavy atom. The first kappa shape index (κ1) is 10.2. The van der Waals surface area contributed by atoms with Crippen LogP contribution in [0.4, 0.5) is 0 Å². The topological polar surface area (TPSA) is 12.9 Å². The maximum atomic E-state index is 5.93. The quantitative estimate of drug-likeness (QED) is 0.703. The van der Waals surface area contributed by atoms with Crippen LogP contribution in [0.3, 0.4) is 0 Å². The Balaban J connectivity index is 2.45. The van der Waals surface area contributed by atoms with E-state index in [4.69, 9.17) is 11.6 Å². The lowest BCUT2D eigenvalue weighted by atomic mass is 10.1. The molecule has 0 aliphatic carbocycles. The van der Waals surface area contributed by atoms with Crippen molar-refractivity contribution in [2.45, 2.75) is 13.8 Å². The van der Waals surface area contributed by atoms with E-state index in [1.807, 2.05) is 13.0 Å². The molecule has 0 atom stereocenters. The normalized spacial score (nSPS) is 10.3. The molecule has 0 aliphatic rings. The van der Waals surface area contributed by atoms with E-state index >= 15 is 0 Å². The van der Waals surface area contributed by atoms with Crippen LogP contribution in [0.15, 0.2) is 36.5 Å². The largest absolute Gasteiger partial charge is 0.255 e. The predicted octanol–water partition coefficient (Wildman–Crippen LogP) is 4.02. The smallest absolute Gasteiger partial charge is 0.0705 e. The molecule has 0 saturated carbocycles. The van der Waals surface area contributed by atoms with Crippen molar-refractivity contribution in [3.05, 3.63) is 52.7 Å². The van der Waals surface area contributed by atoms with Crippen LogP contribution >= 0.6 is 11.6 Å². The minimum absolute atomic E-state index is 0.714. The first-order valence-electron chi connectivity index (χ1n) is 4.86. The fraction of sp³-hybridized carbons (Fsp3) is 0.154. The van der Waals surface area contributed by atoms with Crippen molar-refractivity contribution in [3.63, 3.8) is 0 Å². The van der Waals surface area contributed by atoms with Gasteiger partial charge in [0.25, 0.3) is 0 Å². The highest BCUT2D eigenvalue weighted by Gasteiger charge is 2.01. The summed E-state index contributed by atoms with van der Waals surface area (Å²) >= 11 is 5.93. The first-order valence-corrected chi connectivity index (χ1v) is 5.24. The van der Waals surface area contributed by atoms with Crippen LogP contribution in [0.25, 0.3) is 11.3 Å². The van der Waals surface area contributed by atoms with Crippen molar-refractivity contribution in [2.75, 3.05) is 0 Å². The molecular weight excluding hydrogens is 206 g/mol. The zero-order chi connectivity index (χ0) is 10.8. The number of pyridine rings is 1. The van der Waals surface area contributed by atoms with Gasteiger partial charge in [-0.2, -0.15) is 0 Å². The minimum atomic E-state index is 0.714. The van der Waals surface area contributed by atoms with Crippen molar-refractivity contribution in [1.29, 1.82) is 0 Å². The molecule has 0 fully saturated rings. The lowest BCUT2D eigenvalue weighted by molar-refractivity contribution is 1.28. The Kier molecular flexibility index (Phi) is 2.74. The second-order valence-electron chi connectivity index (χ2n) is 3.68. The number of aromatic nitrogens is 1. The summed E-state index contributed by atoms with van der Waals surface area (Å²) in [5.41, 5.74) is 4.41. The highest BCUT2D eigenvalue weighted by atomic mass is 35.5. The summed E-state index contributed by atoms with van der Waals surface area (Å²) in [5, 5.41) is 0.714. The molecule has 0 radical (unpaired) electrons. The SMILES string of the molecule is Cc1ccc(-c2cc(C)c(Cl)cn2)cc1. The molecular formula is C13H12ClN. The van der Waals surface area contributed by atoms with E-state index in [2.05, 4.69) is 36.2 Å². The minimum Gasteiger partial charge on any atom is -0.255 e. The zero-order valence-electron chi connectivity index (χ0n) is 8.79. The molecule has 0 bridgehead atoms. The lowest BCUT2D eigenvalue weighted by Crippen LogP contribution is -1.85. The average Bonchev–Trinajstić information content (AvgIpc) is 2.23. The Labute approximate surface area is 94.7 Å². The van der Waals surface area contributed by atoms with Crippen LogP contribution in [0.1, 0.15) is 11.1 Å². The van der Waals surface area contributed by atoms with Gasteiger partial charge in [0, 0.05) is 11.8 Å². The Bertz CT molecular complexity index is 474. The Morgan fingerprint density at radius 1 is 1.07 bits per heavy atom. The fourth-order valence-corrected chi connectivity index (χ4v) is 1.52. The van der Waals surface area contributed by atoms with Crippen molar-refractivity contribution in [1.82, 2.24) is 4.98 Å². The van der Waals surface area contributed by atoms with Crippen LogP contribution in [0.2, 0.25) is 5.02 Å². The van der Waals surface area contributed by atoms with Crippen LogP contribution < -0.4 is 0 Å². The molecule has 2 aromatic rings. The van der Waals surface area contributed by atoms with Crippen molar-refractivity contribution in [2.24, 2.45) is 0 Å². The van der Waals surface area contributed by atoms with Crippen LogP contribution in [0.5, 0.6) is 0 Å². The Hall–Kier alpha value is -1.34. The first-order chi connectivity index (χ1) is 7.16. The molecule has 1 heterocycles. The molecule has 15 heavy (non-hydrogen) atoms. The zero-order valence-corrected chi connectivity index (χ0v) is 9.55. The van der Waals surface area contributed by atoms with E-state index in [1.165, 1.54) is 5.56 Å². The summed E-state index contributed by atoms with van der Waals surface area (Å²) < 4.78 is 0. The van der Waals surface area contributed by atoms with Gasteiger partial charge >= 0.3 is 0 Å². The van der Waals surface area contributed by atoms with Crippen LogP contribution in [-0.2, 0) is 0 Å². The third-order valence-corrected chi connectivity index (χ3v) is 2.79. The molecule has 1 nitrogen and oxygen atoms in total. The molecule has 0 spiro atoms. The van der Waals surface area contributed by atoms with Gasteiger partial charge in [-0.05, 0) is 25.5 Å². The molecule has 0 N–H and O–H groups in total. The summed E-state index contributed by atoms with van der Waals surface area (Å²) in [6.45, 7) is 4.06. The monoisotopic (exact) mass is 217 g/mol. The maximum Gasteiger partial charge on any atom is 0.0705 e. The maximum absolute atomic E-state index is 5.93. The Morgan fingerprint density at radius 2 is 1.73 bits per heavy atom. The molecule has 2 heteroatoms. The molecule has 0 unspecified atom stereocenters.